The Kier molecular flexibility index (Phi) is 7.66. The van der Waals surface area contributed by atoms with E-state index >= 15 is 0 Å². The summed E-state index contributed by atoms with van der Waals surface area (Å²) in [7, 11) is -4.38. The molecule has 3 aromatic rings. The number of anilines is 1. The largest absolute Gasteiger partial charge is 0.416 e. The van der Waals surface area contributed by atoms with Crippen LogP contribution in [0.3, 0.4) is 0 Å². The van der Waals surface area contributed by atoms with Gasteiger partial charge in [-0.2, -0.15) is 13.2 Å². The van der Waals surface area contributed by atoms with E-state index in [0.29, 0.717) is 0 Å². The van der Waals surface area contributed by atoms with Gasteiger partial charge in [-0.3, -0.25) is 9.10 Å². The molecular formula is C27H24ClF3N2O3S. The summed E-state index contributed by atoms with van der Waals surface area (Å²) in [6.07, 6.45) is -0.866. The van der Waals surface area contributed by atoms with E-state index in [0.717, 1.165) is 59.0 Å². The molecule has 1 amide bonds. The van der Waals surface area contributed by atoms with Gasteiger partial charge in [-0.1, -0.05) is 48.0 Å². The van der Waals surface area contributed by atoms with Gasteiger partial charge in [-0.15, -0.1) is 6.58 Å². The Hall–Kier alpha value is -3.30. The van der Waals surface area contributed by atoms with Gasteiger partial charge in [-0.25, -0.2) is 8.42 Å². The van der Waals surface area contributed by atoms with Crippen molar-refractivity contribution in [3.05, 3.63) is 107 Å². The lowest BCUT2D eigenvalue weighted by molar-refractivity contribution is -0.137. The SMILES string of the molecule is C=CCN(c1cccc(C(F)(F)F)c1)S(=O)(=O)c1ccc(Cl)c(C(=O)N[C@@H]2CCCc3ccccc32)c1. The zero-order chi connectivity index (χ0) is 26.8. The number of hydrogen-bond donors (Lipinski definition) is 1. The van der Waals surface area contributed by atoms with E-state index in [4.69, 9.17) is 11.6 Å². The highest BCUT2D eigenvalue weighted by Gasteiger charge is 2.33. The number of halogens is 4. The van der Waals surface area contributed by atoms with Gasteiger partial charge < -0.3 is 5.32 Å². The van der Waals surface area contributed by atoms with E-state index in [1.807, 2.05) is 24.3 Å². The first-order chi connectivity index (χ1) is 17.5. The molecule has 3 aromatic carbocycles. The number of fused-ring (bicyclic) bond motifs is 1. The van der Waals surface area contributed by atoms with Crippen LogP contribution in [0.1, 0.15) is 45.9 Å². The third-order valence-electron chi connectivity index (χ3n) is 6.20. The monoisotopic (exact) mass is 548 g/mol. The molecular weight excluding hydrogens is 525 g/mol. The van der Waals surface area contributed by atoms with Gasteiger partial charge >= 0.3 is 6.18 Å². The van der Waals surface area contributed by atoms with Crippen molar-refractivity contribution in [1.82, 2.24) is 5.32 Å². The molecule has 1 aliphatic rings. The Morgan fingerprint density at radius 3 is 2.59 bits per heavy atom. The second-order valence-electron chi connectivity index (χ2n) is 8.63. The Morgan fingerprint density at radius 1 is 1.11 bits per heavy atom. The lowest BCUT2D eigenvalue weighted by atomic mass is 9.87. The van der Waals surface area contributed by atoms with Gasteiger partial charge in [0.2, 0.25) is 0 Å². The van der Waals surface area contributed by atoms with Gasteiger partial charge in [0, 0.05) is 0 Å². The summed E-state index contributed by atoms with van der Waals surface area (Å²) in [4.78, 5) is 12.9. The summed E-state index contributed by atoms with van der Waals surface area (Å²) in [6.45, 7) is 3.25. The average molecular weight is 549 g/mol. The molecule has 0 unspecified atom stereocenters. The molecule has 37 heavy (non-hydrogen) atoms. The molecule has 0 saturated carbocycles. The molecule has 0 saturated heterocycles. The van der Waals surface area contributed by atoms with Gasteiger partial charge in [0.25, 0.3) is 15.9 Å². The Labute approximate surface area is 218 Å². The molecule has 0 bridgehead atoms. The van der Waals surface area contributed by atoms with Gasteiger partial charge in [0.05, 0.1) is 39.3 Å². The van der Waals surface area contributed by atoms with E-state index < -0.39 is 27.7 Å². The first kappa shape index (κ1) is 26.8. The highest BCUT2D eigenvalue weighted by atomic mass is 35.5. The Bertz CT molecular complexity index is 1440. The van der Waals surface area contributed by atoms with E-state index in [2.05, 4.69) is 11.9 Å². The predicted molar refractivity (Wildman–Crippen MR) is 137 cm³/mol. The number of aryl methyl sites for hydroxylation is 1. The van der Waals surface area contributed by atoms with Crippen LogP contribution in [-0.4, -0.2) is 20.9 Å². The first-order valence-electron chi connectivity index (χ1n) is 11.5. The molecule has 194 valence electrons. The molecule has 0 spiro atoms. The number of nitrogens with zero attached hydrogens (tertiary/aromatic N) is 1. The van der Waals surface area contributed by atoms with Crippen LogP contribution in [-0.2, 0) is 22.6 Å². The maximum atomic E-state index is 13.5. The van der Waals surface area contributed by atoms with Gasteiger partial charge in [-0.05, 0) is 66.8 Å². The zero-order valence-corrected chi connectivity index (χ0v) is 21.2. The number of carbonyl (C=O) groups excluding carboxylic acids is 1. The van der Waals surface area contributed by atoms with Crippen molar-refractivity contribution in [2.24, 2.45) is 0 Å². The number of amides is 1. The lowest BCUT2D eigenvalue weighted by Crippen LogP contribution is -2.33. The van der Waals surface area contributed by atoms with Crippen LogP contribution in [0.5, 0.6) is 0 Å². The Balaban J connectivity index is 1.67. The van der Waals surface area contributed by atoms with Crippen molar-refractivity contribution >= 4 is 33.2 Å². The second-order valence-corrected chi connectivity index (χ2v) is 10.9. The lowest BCUT2D eigenvalue weighted by Gasteiger charge is -2.27. The van der Waals surface area contributed by atoms with Crippen molar-refractivity contribution < 1.29 is 26.4 Å². The maximum absolute atomic E-state index is 13.5. The van der Waals surface area contributed by atoms with Crippen LogP contribution in [0.25, 0.3) is 0 Å². The van der Waals surface area contributed by atoms with Crippen LogP contribution in [0.4, 0.5) is 18.9 Å². The third-order valence-corrected chi connectivity index (χ3v) is 8.32. The van der Waals surface area contributed by atoms with Crippen molar-refractivity contribution in [2.75, 3.05) is 10.8 Å². The first-order valence-corrected chi connectivity index (χ1v) is 13.3. The normalized spacial score (nSPS) is 15.5. The molecule has 4 rings (SSSR count). The summed E-state index contributed by atoms with van der Waals surface area (Å²) < 4.78 is 67.7. The van der Waals surface area contributed by atoms with Crippen LogP contribution in [0.15, 0.2) is 84.3 Å². The molecule has 5 nitrogen and oxygen atoms in total. The topological polar surface area (TPSA) is 66.5 Å². The van der Waals surface area contributed by atoms with Crippen molar-refractivity contribution in [3.63, 3.8) is 0 Å². The molecule has 0 aromatic heterocycles. The Morgan fingerprint density at radius 2 is 1.86 bits per heavy atom. The molecule has 1 atom stereocenters. The number of rotatable bonds is 7. The maximum Gasteiger partial charge on any atom is 0.416 e. The number of benzene rings is 3. The zero-order valence-electron chi connectivity index (χ0n) is 19.6. The van der Waals surface area contributed by atoms with Crippen molar-refractivity contribution in [2.45, 2.75) is 36.4 Å². The average Bonchev–Trinajstić information content (AvgIpc) is 2.87. The number of alkyl halides is 3. The predicted octanol–water partition coefficient (Wildman–Crippen LogP) is 6.55. The summed E-state index contributed by atoms with van der Waals surface area (Å²) in [5.41, 5.74) is 0.924. The van der Waals surface area contributed by atoms with Crippen LogP contribution < -0.4 is 9.62 Å². The summed E-state index contributed by atoms with van der Waals surface area (Å²) in [5, 5.41) is 3.00. The van der Waals surface area contributed by atoms with Crippen LogP contribution in [0, 0.1) is 0 Å². The highest BCUT2D eigenvalue weighted by Crippen LogP contribution is 2.34. The minimum absolute atomic E-state index is 0.0478. The molecule has 0 aliphatic heterocycles. The minimum atomic E-state index is -4.65. The summed E-state index contributed by atoms with van der Waals surface area (Å²) in [6, 6.07) is 15.2. The summed E-state index contributed by atoms with van der Waals surface area (Å²) >= 11 is 6.28. The molecule has 0 radical (unpaired) electrons. The standard InChI is InChI=1S/C27H24ClF3N2O3S/c1-2-15-33(20-10-6-9-19(16-20)27(29,30)31)37(35,36)21-13-14-24(28)23(17-21)26(34)32-25-12-5-8-18-7-3-4-11-22(18)25/h2-4,6-7,9-11,13-14,16-17,25H,1,5,8,12,15H2,(H,32,34)/t25-/m1/s1. The molecule has 0 fully saturated rings. The number of sulfonamides is 1. The van der Waals surface area contributed by atoms with Crippen molar-refractivity contribution in [3.8, 4) is 0 Å². The second kappa shape index (κ2) is 10.6. The number of carbonyl (C=O) groups is 1. The smallest absolute Gasteiger partial charge is 0.345 e. The van der Waals surface area contributed by atoms with Gasteiger partial charge in [0.1, 0.15) is 0 Å². The number of nitrogens with one attached hydrogen (secondary N) is 1. The van der Waals surface area contributed by atoms with Crippen LogP contribution in [0.2, 0.25) is 5.02 Å². The highest BCUT2D eigenvalue weighted by molar-refractivity contribution is 7.92. The molecule has 1 aliphatic carbocycles. The fourth-order valence-corrected chi connectivity index (χ4v) is 6.06. The fourth-order valence-electron chi connectivity index (χ4n) is 4.40. The molecule has 10 heteroatoms. The quantitative estimate of drug-likeness (QED) is 0.341. The fraction of sp³-hybridized carbons (Fsp3) is 0.222. The molecule has 0 heterocycles. The molecule has 1 N–H and O–H groups in total. The van der Waals surface area contributed by atoms with E-state index in [1.165, 1.54) is 24.3 Å². The van der Waals surface area contributed by atoms with Crippen LogP contribution >= 0.6 is 11.6 Å². The summed E-state index contributed by atoms with van der Waals surface area (Å²) in [5.74, 6) is -0.543. The number of hydrogen-bond acceptors (Lipinski definition) is 3. The van der Waals surface area contributed by atoms with E-state index in [-0.39, 0.29) is 33.8 Å². The van der Waals surface area contributed by atoms with Crippen molar-refractivity contribution in [1.29, 1.82) is 0 Å². The van der Waals surface area contributed by atoms with E-state index in [9.17, 15) is 26.4 Å². The van der Waals surface area contributed by atoms with Gasteiger partial charge in [0.15, 0.2) is 0 Å². The minimum Gasteiger partial charge on any atom is -0.345 e. The third kappa shape index (κ3) is 5.67. The van der Waals surface area contributed by atoms with E-state index in [1.54, 1.807) is 0 Å².